The molecule has 0 atom stereocenters. The Hall–Kier alpha value is -4.39. The van der Waals surface area contributed by atoms with Gasteiger partial charge in [-0.05, 0) is 73.6 Å². The molecule has 214 valence electrons. The fourth-order valence-electron chi connectivity index (χ4n) is 4.69. The number of aryl methyl sites for hydroxylation is 3. The summed E-state index contributed by atoms with van der Waals surface area (Å²) in [7, 11) is 0. The Morgan fingerprint density at radius 2 is 1.61 bits per heavy atom. The van der Waals surface area contributed by atoms with Crippen LogP contribution in [-0.2, 0) is 35.4 Å². The first-order valence-electron chi connectivity index (χ1n) is 14.3. The van der Waals surface area contributed by atoms with Gasteiger partial charge >= 0.3 is 5.97 Å². The largest absolute Gasteiger partial charge is 0.493 e. The number of amides is 1. The maximum absolute atomic E-state index is 12.5. The number of nitrogens with zero attached hydrogens (tertiary/aromatic N) is 1. The predicted molar refractivity (Wildman–Crippen MR) is 159 cm³/mol. The standard InChI is InChI=1S/C34H38N2O5/c1-25-31(36-34(41-25)28-14-8-4-9-15-28)21-22-40-30-19-17-27(18-20-33(38)39)29(23-30)24-35-32(37)16-10-3-7-13-26-11-5-2-6-12-26/h2,4-6,8-9,11-12,14-15,17,19,23H,3,7,10,13,16,18,20-22,24H2,1H3,(H,35,37)(H,38,39). The number of hydrogen-bond donors (Lipinski definition) is 2. The Morgan fingerprint density at radius 1 is 0.854 bits per heavy atom. The molecule has 1 heterocycles. The molecule has 7 heteroatoms. The van der Waals surface area contributed by atoms with Crippen LogP contribution < -0.4 is 10.1 Å². The number of carboxylic acids is 1. The van der Waals surface area contributed by atoms with Crippen LogP contribution >= 0.6 is 0 Å². The lowest BCUT2D eigenvalue weighted by molar-refractivity contribution is -0.137. The summed E-state index contributed by atoms with van der Waals surface area (Å²) in [5, 5.41) is 12.2. The third-order valence-electron chi connectivity index (χ3n) is 7.00. The number of aromatic nitrogens is 1. The van der Waals surface area contributed by atoms with Crippen LogP contribution in [0.5, 0.6) is 5.75 Å². The summed E-state index contributed by atoms with van der Waals surface area (Å²) in [6.07, 6.45) is 5.37. The summed E-state index contributed by atoms with van der Waals surface area (Å²) < 4.78 is 11.9. The van der Waals surface area contributed by atoms with Crippen LogP contribution in [0, 0.1) is 6.92 Å². The smallest absolute Gasteiger partial charge is 0.303 e. The van der Waals surface area contributed by atoms with E-state index in [1.165, 1.54) is 5.56 Å². The van der Waals surface area contributed by atoms with Crippen LogP contribution in [0.1, 0.15) is 60.2 Å². The van der Waals surface area contributed by atoms with Crippen molar-refractivity contribution in [2.75, 3.05) is 6.61 Å². The quantitative estimate of drug-likeness (QED) is 0.149. The first kappa shape index (κ1) is 29.6. The van der Waals surface area contributed by atoms with Gasteiger partial charge in [0.05, 0.1) is 12.3 Å². The van der Waals surface area contributed by atoms with E-state index in [0.717, 1.165) is 53.8 Å². The molecule has 41 heavy (non-hydrogen) atoms. The summed E-state index contributed by atoms with van der Waals surface area (Å²) >= 11 is 0. The van der Waals surface area contributed by atoms with Crippen molar-refractivity contribution < 1.29 is 23.8 Å². The Kier molecular flexibility index (Phi) is 11.1. The van der Waals surface area contributed by atoms with Gasteiger partial charge in [0.1, 0.15) is 11.5 Å². The molecule has 0 aliphatic rings. The fraction of sp³-hybridized carbons (Fsp3) is 0.324. The van der Waals surface area contributed by atoms with Gasteiger partial charge in [-0.15, -0.1) is 0 Å². The maximum atomic E-state index is 12.5. The monoisotopic (exact) mass is 554 g/mol. The number of carbonyl (C=O) groups is 2. The topological polar surface area (TPSA) is 102 Å². The van der Waals surface area contributed by atoms with Crippen molar-refractivity contribution in [1.29, 1.82) is 0 Å². The van der Waals surface area contributed by atoms with Gasteiger partial charge in [0.25, 0.3) is 0 Å². The second-order valence-electron chi connectivity index (χ2n) is 10.1. The second-order valence-corrected chi connectivity index (χ2v) is 10.1. The van der Waals surface area contributed by atoms with Crippen molar-refractivity contribution in [2.45, 2.75) is 64.8 Å². The van der Waals surface area contributed by atoms with Crippen LogP contribution in [0.2, 0.25) is 0 Å². The molecule has 0 radical (unpaired) electrons. The number of rotatable bonds is 16. The first-order chi connectivity index (χ1) is 20.0. The minimum absolute atomic E-state index is 0.00375. The molecular weight excluding hydrogens is 516 g/mol. The molecule has 1 aromatic heterocycles. The van der Waals surface area contributed by atoms with Gasteiger partial charge in [-0.25, -0.2) is 4.98 Å². The van der Waals surface area contributed by atoms with Crippen LogP contribution in [0.25, 0.3) is 11.5 Å². The number of hydrogen-bond acceptors (Lipinski definition) is 5. The Morgan fingerprint density at radius 3 is 2.37 bits per heavy atom. The van der Waals surface area contributed by atoms with Crippen molar-refractivity contribution in [1.82, 2.24) is 10.3 Å². The van der Waals surface area contributed by atoms with Crippen molar-refractivity contribution in [2.24, 2.45) is 0 Å². The van der Waals surface area contributed by atoms with Gasteiger partial charge in [-0.2, -0.15) is 0 Å². The van der Waals surface area contributed by atoms with Crippen LogP contribution in [0.4, 0.5) is 0 Å². The van der Waals surface area contributed by atoms with Gasteiger partial charge < -0.3 is 19.6 Å². The van der Waals surface area contributed by atoms with Crippen LogP contribution in [-0.4, -0.2) is 28.6 Å². The van der Waals surface area contributed by atoms with Gasteiger partial charge in [-0.3, -0.25) is 9.59 Å². The van der Waals surface area contributed by atoms with Gasteiger partial charge in [-0.1, -0.05) is 61.0 Å². The summed E-state index contributed by atoms with van der Waals surface area (Å²) in [5.41, 5.74) is 4.85. The molecule has 0 saturated carbocycles. The number of nitrogens with one attached hydrogen (secondary N) is 1. The van der Waals surface area contributed by atoms with E-state index in [1.54, 1.807) is 0 Å². The lowest BCUT2D eigenvalue weighted by Crippen LogP contribution is -2.23. The average molecular weight is 555 g/mol. The van der Waals surface area contributed by atoms with E-state index in [0.29, 0.717) is 44.1 Å². The van der Waals surface area contributed by atoms with Crippen LogP contribution in [0.3, 0.4) is 0 Å². The number of carboxylic acid groups (broad SMARTS) is 1. The Bertz CT molecular complexity index is 1400. The number of aliphatic carboxylic acids is 1. The van der Waals surface area contributed by atoms with Crippen molar-refractivity contribution in [3.05, 3.63) is 107 Å². The molecule has 4 aromatic rings. The molecule has 2 N–H and O–H groups in total. The minimum atomic E-state index is -0.853. The molecule has 0 unspecified atom stereocenters. The molecule has 3 aromatic carbocycles. The highest BCUT2D eigenvalue weighted by molar-refractivity contribution is 5.75. The Labute approximate surface area is 241 Å². The second kappa shape index (κ2) is 15.4. The van der Waals surface area contributed by atoms with Crippen LogP contribution in [0.15, 0.2) is 83.3 Å². The maximum Gasteiger partial charge on any atom is 0.303 e. The minimum Gasteiger partial charge on any atom is -0.493 e. The first-order valence-corrected chi connectivity index (χ1v) is 14.3. The highest BCUT2D eigenvalue weighted by Gasteiger charge is 2.13. The molecule has 0 fully saturated rings. The van der Waals surface area contributed by atoms with E-state index < -0.39 is 5.97 Å². The van der Waals surface area contributed by atoms with E-state index in [2.05, 4.69) is 22.4 Å². The van der Waals surface area contributed by atoms with Gasteiger partial charge in [0.15, 0.2) is 0 Å². The lowest BCUT2D eigenvalue weighted by Gasteiger charge is -2.13. The normalized spacial score (nSPS) is 10.9. The third-order valence-corrected chi connectivity index (χ3v) is 7.00. The summed E-state index contributed by atoms with van der Waals surface area (Å²) in [6.45, 7) is 2.64. The van der Waals surface area contributed by atoms with E-state index in [-0.39, 0.29) is 12.3 Å². The van der Waals surface area contributed by atoms with Crippen molar-refractivity contribution in [3.63, 3.8) is 0 Å². The van der Waals surface area contributed by atoms with Gasteiger partial charge in [0, 0.05) is 31.4 Å². The van der Waals surface area contributed by atoms with Gasteiger partial charge in [0.2, 0.25) is 11.8 Å². The number of oxazole rings is 1. The molecule has 7 nitrogen and oxygen atoms in total. The molecule has 0 bridgehead atoms. The Balaban J connectivity index is 1.27. The summed E-state index contributed by atoms with van der Waals surface area (Å²) in [6, 6.07) is 25.8. The predicted octanol–water partition coefficient (Wildman–Crippen LogP) is 6.71. The number of ether oxygens (including phenoxy) is 1. The van der Waals surface area contributed by atoms with E-state index in [1.807, 2.05) is 73.7 Å². The highest BCUT2D eigenvalue weighted by Crippen LogP contribution is 2.23. The molecular formula is C34H38N2O5. The SMILES string of the molecule is Cc1oc(-c2ccccc2)nc1CCOc1ccc(CCC(=O)O)c(CNC(=O)CCCCCc2ccccc2)c1. The lowest BCUT2D eigenvalue weighted by atomic mass is 10.0. The number of unbranched alkanes of at least 4 members (excludes halogenated alkanes) is 2. The highest BCUT2D eigenvalue weighted by atomic mass is 16.5. The van der Waals surface area contributed by atoms with E-state index in [9.17, 15) is 9.59 Å². The van der Waals surface area contributed by atoms with Crippen molar-refractivity contribution >= 4 is 11.9 Å². The van der Waals surface area contributed by atoms with E-state index in [4.69, 9.17) is 14.3 Å². The summed E-state index contributed by atoms with van der Waals surface area (Å²) in [5.74, 6) is 1.17. The molecule has 0 aliphatic carbocycles. The zero-order chi connectivity index (χ0) is 28.9. The number of benzene rings is 3. The van der Waals surface area contributed by atoms with Crippen molar-refractivity contribution in [3.8, 4) is 17.2 Å². The number of carbonyl (C=O) groups excluding carboxylic acids is 1. The molecule has 1 amide bonds. The zero-order valence-electron chi connectivity index (χ0n) is 23.6. The fourth-order valence-corrected chi connectivity index (χ4v) is 4.69. The third kappa shape index (κ3) is 9.64. The zero-order valence-corrected chi connectivity index (χ0v) is 23.6. The summed E-state index contributed by atoms with van der Waals surface area (Å²) in [4.78, 5) is 28.3. The molecule has 0 spiro atoms. The molecule has 4 rings (SSSR count). The molecule has 0 aliphatic heterocycles. The van der Waals surface area contributed by atoms with E-state index >= 15 is 0 Å². The molecule has 0 saturated heterocycles. The average Bonchev–Trinajstić information content (AvgIpc) is 3.36.